The Balaban J connectivity index is 2.18. The lowest BCUT2D eigenvalue weighted by atomic mass is 10.0. The van der Waals surface area contributed by atoms with E-state index in [1.807, 2.05) is 7.05 Å². The van der Waals surface area contributed by atoms with Crippen LogP contribution in [-0.2, 0) is 0 Å². The Morgan fingerprint density at radius 1 is 1.20 bits per heavy atom. The van der Waals surface area contributed by atoms with E-state index in [2.05, 4.69) is 58.3 Å². The Morgan fingerprint density at radius 2 is 1.95 bits per heavy atom. The summed E-state index contributed by atoms with van der Waals surface area (Å²) in [6, 6.07) is 6.42. The first kappa shape index (κ1) is 13.6. The third-order valence-corrected chi connectivity index (χ3v) is 4.49. The molecule has 0 spiro atoms. The fourth-order valence-corrected chi connectivity index (χ4v) is 3.05. The minimum atomic E-state index is 0.586. The third kappa shape index (κ3) is 2.44. The number of hydrogen-bond donors (Lipinski definition) is 1. The summed E-state index contributed by atoms with van der Waals surface area (Å²) < 4.78 is 1.01. The van der Waals surface area contributed by atoms with Gasteiger partial charge in [-0.15, -0.1) is 0 Å². The molecule has 1 aliphatic rings. The number of aryl methyl sites for hydroxylation is 2. The van der Waals surface area contributed by atoms with Gasteiger partial charge in [0.25, 0.3) is 0 Å². The summed E-state index contributed by atoms with van der Waals surface area (Å²) in [6.07, 6.45) is 2.45. The van der Waals surface area contributed by atoms with Crippen molar-refractivity contribution >= 4 is 21.7 Å². The zero-order chi connectivity index (χ0) is 14.3. The lowest BCUT2D eigenvalue weighted by Gasteiger charge is -2.12. The van der Waals surface area contributed by atoms with Crippen LogP contribution >= 0.6 is 15.9 Å². The molecule has 3 nitrogen and oxygen atoms in total. The average Bonchev–Trinajstić information content (AvgIpc) is 3.26. The lowest BCUT2D eigenvalue weighted by Crippen LogP contribution is -2.03. The quantitative estimate of drug-likeness (QED) is 0.903. The lowest BCUT2D eigenvalue weighted by molar-refractivity contribution is 0.979. The fourth-order valence-electron chi connectivity index (χ4n) is 2.35. The average molecular weight is 332 g/mol. The first-order valence-electron chi connectivity index (χ1n) is 6.93. The van der Waals surface area contributed by atoms with E-state index < -0.39 is 0 Å². The maximum atomic E-state index is 4.82. The first-order chi connectivity index (χ1) is 9.60. The number of anilines is 1. The molecule has 1 saturated carbocycles. The smallest absolute Gasteiger partial charge is 0.162 e. The molecule has 3 rings (SSSR count). The molecule has 0 amide bonds. The summed E-state index contributed by atoms with van der Waals surface area (Å²) in [7, 11) is 1.90. The minimum Gasteiger partial charge on any atom is -0.372 e. The van der Waals surface area contributed by atoms with Crippen molar-refractivity contribution in [2.75, 3.05) is 12.4 Å². The molecule has 0 radical (unpaired) electrons. The zero-order valence-corrected chi connectivity index (χ0v) is 13.6. The van der Waals surface area contributed by atoms with Gasteiger partial charge in [0.2, 0.25) is 0 Å². The van der Waals surface area contributed by atoms with Crippen LogP contribution in [0.3, 0.4) is 0 Å². The number of nitrogens with one attached hydrogen (secondary N) is 1. The summed E-state index contributed by atoms with van der Waals surface area (Å²) >= 11 is 3.63. The summed E-state index contributed by atoms with van der Waals surface area (Å²) in [5.74, 6) is 2.28. The fraction of sp³-hybridized carbons (Fsp3) is 0.375. The summed E-state index contributed by atoms with van der Waals surface area (Å²) in [5.41, 5.74) is 4.70. The van der Waals surface area contributed by atoms with Gasteiger partial charge in [0.1, 0.15) is 5.82 Å². The predicted molar refractivity (Wildman–Crippen MR) is 86.2 cm³/mol. The highest BCUT2D eigenvalue weighted by molar-refractivity contribution is 9.10. The van der Waals surface area contributed by atoms with Crippen molar-refractivity contribution in [3.63, 3.8) is 0 Å². The van der Waals surface area contributed by atoms with E-state index in [1.54, 1.807) is 0 Å². The van der Waals surface area contributed by atoms with Crippen molar-refractivity contribution in [2.45, 2.75) is 32.6 Å². The Kier molecular flexibility index (Phi) is 3.50. The van der Waals surface area contributed by atoms with Crippen LogP contribution in [0.25, 0.3) is 11.4 Å². The number of benzene rings is 1. The maximum absolute atomic E-state index is 4.82. The number of aromatic nitrogens is 2. The molecule has 20 heavy (non-hydrogen) atoms. The van der Waals surface area contributed by atoms with Gasteiger partial charge in [-0.1, -0.05) is 17.7 Å². The highest BCUT2D eigenvalue weighted by atomic mass is 79.9. The van der Waals surface area contributed by atoms with Gasteiger partial charge in [-0.05, 0) is 54.2 Å². The molecular weight excluding hydrogens is 314 g/mol. The van der Waals surface area contributed by atoms with Gasteiger partial charge in [0, 0.05) is 18.5 Å². The van der Waals surface area contributed by atoms with Gasteiger partial charge in [0.15, 0.2) is 5.82 Å². The second-order valence-electron chi connectivity index (χ2n) is 5.44. The standard InChI is InChI=1S/C16H18BrN3/c1-9-4-5-10(2)12(8-9)15-19-14(11-6-7-11)13(17)16(18-3)20-15/h4-5,8,11H,6-7H2,1-3H3,(H,18,19,20). The van der Waals surface area contributed by atoms with Gasteiger partial charge in [-0.25, -0.2) is 9.97 Å². The van der Waals surface area contributed by atoms with E-state index in [0.717, 1.165) is 27.4 Å². The van der Waals surface area contributed by atoms with Crippen LogP contribution < -0.4 is 5.32 Å². The van der Waals surface area contributed by atoms with Crippen LogP contribution in [0.15, 0.2) is 22.7 Å². The Bertz CT molecular complexity index is 663. The normalized spacial score (nSPS) is 14.4. The van der Waals surface area contributed by atoms with Crippen molar-refractivity contribution in [2.24, 2.45) is 0 Å². The van der Waals surface area contributed by atoms with E-state index in [9.17, 15) is 0 Å². The van der Waals surface area contributed by atoms with Crippen LogP contribution in [0.4, 0.5) is 5.82 Å². The molecule has 1 N–H and O–H groups in total. The summed E-state index contributed by atoms with van der Waals surface area (Å²) in [6.45, 7) is 4.21. The number of rotatable bonds is 3. The number of hydrogen-bond acceptors (Lipinski definition) is 3. The highest BCUT2D eigenvalue weighted by Gasteiger charge is 2.29. The van der Waals surface area contributed by atoms with Crippen molar-refractivity contribution in [3.05, 3.63) is 39.5 Å². The van der Waals surface area contributed by atoms with Gasteiger partial charge in [0.05, 0.1) is 10.2 Å². The molecular formula is C16H18BrN3. The Morgan fingerprint density at radius 3 is 2.60 bits per heavy atom. The van der Waals surface area contributed by atoms with Gasteiger partial charge >= 0.3 is 0 Å². The van der Waals surface area contributed by atoms with Crippen LogP contribution in [0.1, 0.15) is 35.6 Å². The highest BCUT2D eigenvalue weighted by Crippen LogP contribution is 2.44. The number of nitrogens with zero attached hydrogens (tertiary/aromatic N) is 2. The predicted octanol–water partition coefficient (Wildman–Crippen LogP) is 4.44. The van der Waals surface area contributed by atoms with Gasteiger partial charge in [-0.3, -0.25) is 0 Å². The van der Waals surface area contributed by atoms with Crippen molar-refractivity contribution in [1.29, 1.82) is 0 Å². The molecule has 0 unspecified atom stereocenters. The van der Waals surface area contributed by atoms with Gasteiger partial charge in [-0.2, -0.15) is 0 Å². The molecule has 2 aromatic rings. The van der Waals surface area contributed by atoms with Crippen LogP contribution in [0.2, 0.25) is 0 Å². The molecule has 1 aliphatic carbocycles. The first-order valence-corrected chi connectivity index (χ1v) is 7.72. The Labute approximate surface area is 128 Å². The van der Waals surface area contributed by atoms with E-state index in [-0.39, 0.29) is 0 Å². The van der Waals surface area contributed by atoms with E-state index in [4.69, 9.17) is 4.98 Å². The van der Waals surface area contributed by atoms with Crippen LogP contribution in [0.5, 0.6) is 0 Å². The van der Waals surface area contributed by atoms with Crippen LogP contribution in [0, 0.1) is 13.8 Å². The monoisotopic (exact) mass is 331 g/mol. The van der Waals surface area contributed by atoms with Crippen LogP contribution in [-0.4, -0.2) is 17.0 Å². The molecule has 1 aromatic heterocycles. The van der Waals surface area contributed by atoms with Crippen molar-refractivity contribution in [3.8, 4) is 11.4 Å². The van der Waals surface area contributed by atoms with Crippen molar-refractivity contribution < 1.29 is 0 Å². The zero-order valence-electron chi connectivity index (χ0n) is 12.0. The topological polar surface area (TPSA) is 37.8 Å². The largest absolute Gasteiger partial charge is 0.372 e. The van der Waals surface area contributed by atoms with E-state index in [1.165, 1.54) is 24.0 Å². The maximum Gasteiger partial charge on any atom is 0.162 e. The molecule has 1 aromatic carbocycles. The summed E-state index contributed by atoms with van der Waals surface area (Å²) in [5, 5.41) is 3.16. The SMILES string of the molecule is CNc1nc(-c2cc(C)ccc2C)nc(C2CC2)c1Br. The molecule has 4 heteroatoms. The minimum absolute atomic E-state index is 0.586. The molecule has 0 atom stereocenters. The molecule has 1 fully saturated rings. The molecule has 0 aliphatic heterocycles. The van der Waals surface area contributed by atoms with Crippen molar-refractivity contribution in [1.82, 2.24) is 9.97 Å². The Hall–Kier alpha value is -1.42. The molecule has 104 valence electrons. The molecule has 0 bridgehead atoms. The number of halogens is 1. The van der Waals surface area contributed by atoms with E-state index >= 15 is 0 Å². The third-order valence-electron chi connectivity index (χ3n) is 3.71. The van der Waals surface area contributed by atoms with E-state index in [0.29, 0.717) is 5.92 Å². The second kappa shape index (κ2) is 5.17. The van der Waals surface area contributed by atoms with Gasteiger partial charge < -0.3 is 5.32 Å². The summed E-state index contributed by atoms with van der Waals surface area (Å²) in [4.78, 5) is 9.48. The molecule has 0 saturated heterocycles. The second-order valence-corrected chi connectivity index (χ2v) is 6.23. The molecule has 1 heterocycles.